The molecule has 0 amide bonds. The van der Waals surface area contributed by atoms with E-state index in [4.69, 9.17) is 5.73 Å². The standard InChI is InChI=1S/C11H12IN3/c1-15-7-8(6-14-15)11(13)9-4-2-3-5-10(9)12/h2-7,11H,13H2,1H3. The van der Waals surface area contributed by atoms with Crippen molar-refractivity contribution in [1.82, 2.24) is 9.78 Å². The number of hydrogen-bond donors (Lipinski definition) is 1. The Bertz CT molecular complexity index is 464. The smallest absolute Gasteiger partial charge is 0.0593 e. The molecule has 3 nitrogen and oxygen atoms in total. The molecule has 1 unspecified atom stereocenters. The average Bonchev–Trinajstić information content (AvgIpc) is 2.65. The van der Waals surface area contributed by atoms with Crippen molar-refractivity contribution >= 4 is 22.6 Å². The van der Waals surface area contributed by atoms with Crippen LogP contribution in [0.5, 0.6) is 0 Å². The van der Waals surface area contributed by atoms with E-state index in [1.165, 1.54) is 3.57 Å². The van der Waals surface area contributed by atoms with Gasteiger partial charge in [-0.05, 0) is 34.2 Å². The molecule has 2 aromatic rings. The van der Waals surface area contributed by atoms with Crippen molar-refractivity contribution in [3.05, 3.63) is 51.4 Å². The summed E-state index contributed by atoms with van der Waals surface area (Å²) in [6.45, 7) is 0. The molecule has 78 valence electrons. The maximum atomic E-state index is 6.17. The molecule has 0 saturated heterocycles. The van der Waals surface area contributed by atoms with E-state index in [0.717, 1.165) is 11.1 Å². The van der Waals surface area contributed by atoms with Crippen LogP contribution in [0.2, 0.25) is 0 Å². The lowest BCUT2D eigenvalue weighted by Crippen LogP contribution is -2.12. The predicted molar refractivity (Wildman–Crippen MR) is 68.4 cm³/mol. The molecular weight excluding hydrogens is 301 g/mol. The molecular formula is C11H12IN3. The zero-order valence-electron chi connectivity index (χ0n) is 8.39. The zero-order chi connectivity index (χ0) is 10.8. The highest BCUT2D eigenvalue weighted by molar-refractivity contribution is 14.1. The van der Waals surface area contributed by atoms with Gasteiger partial charge in [-0.25, -0.2) is 0 Å². The Balaban J connectivity index is 2.36. The summed E-state index contributed by atoms with van der Waals surface area (Å²) in [6, 6.07) is 8.05. The number of nitrogens with two attached hydrogens (primary N) is 1. The molecule has 0 aliphatic heterocycles. The lowest BCUT2D eigenvalue weighted by molar-refractivity contribution is 0.765. The first-order valence-corrected chi connectivity index (χ1v) is 5.75. The second kappa shape index (κ2) is 4.32. The van der Waals surface area contributed by atoms with Crippen LogP contribution < -0.4 is 5.73 Å². The van der Waals surface area contributed by atoms with E-state index in [1.807, 2.05) is 31.6 Å². The van der Waals surface area contributed by atoms with E-state index in [9.17, 15) is 0 Å². The Morgan fingerprint density at radius 1 is 1.40 bits per heavy atom. The first-order chi connectivity index (χ1) is 7.18. The lowest BCUT2D eigenvalue weighted by atomic mass is 10.0. The van der Waals surface area contributed by atoms with Crippen LogP contribution in [0.15, 0.2) is 36.7 Å². The molecule has 0 aliphatic rings. The SMILES string of the molecule is Cn1cc(C(N)c2ccccc2I)cn1. The Labute approximate surface area is 102 Å². The molecule has 1 atom stereocenters. The van der Waals surface area contributed by atoms with Crippen LogP contribution in [0.3, 0.4) is 0 Å². The van der Waals surface area contributed by atoms with Gasteiger partial charge in [0.25, 0.3) is 0 Å². The van der Waals surface area contributed by atoms with Gasteiger partial charge in [-0.2, -0.15) is 5.10 Å². The van der Waals surface area contributed by atoms with Gasteiger partial charge < -0.3 is 5.73 Å². The molecule has 15 heavy (non-hydrogen) atoms. The summed E-state index contributed by atoms with van der Waals surface area (Å²) in [5, 5.41) is 4.13. The fraction of sp³-hybridized carbons (Fsp3) is 0.182. The number of hydrogen-bond acceptors (Lipinski definition) is 2. The normalized spacial score (nSPS) is 12.7. The van der Waals surface area contributed by atoms with Crippen molar-refractivity contribution in [1.29, 1.82) is 0 Å². The predicted octanol–water partition coefficient (Wildman–Crippen LogP) is 2.07. The van der Waals surface area contributed by atoms with Crippen molar-refractivity contribution in [3.8, 4) is 0 Å². The average molecular weight is 313 g/mol. The van der Waals surface area contributed by atoms with Gasteiger partial charge in [0.2, 0.25) is 0 Å². The second-order valence-corrected chi connectivity index (χ2v) is 4.61. The van der Waals surface area contributed by atoms with E-state index in [-0.39, 0.29) is 6.04 Å². The number of nitrogens with zero attached hydrogens (tertiary/aromatic N) is 2. The third kappa shape index (κ3) is 2.21. The second-order valence-electron chi connectivity index (χ2n) is 3.45. The van der Waals surface area contributed by atoms with Gasteiger partial charge in [0.05, 0.1) is 12.2 Å². The van der Waals surface area contributed by atoms with Crippen LogP contribution >= 0.6 is 22.6 Å². The quantitative estimate of drug-likeness (QED) is 0.863. The minimum Gasteiger partial charge on any atom is -0.320 e. The van der Waals surface area contributed by atoms with Gasteiger partial charge in [0.1, 0.15) is 0 Å². The van der Waals surface area contributed by atoms with Gasteiger partial charge in [-0.3, -0.25) is 4.68 Å². The Kier molecular flexibility index (Phi) is 3.06. The summed E-state index contributed by atoms with van der Waals surface area (Å²) < 4.78 is 2.96. The molecule has 0 bridgehead atoms. The molecule has 0 spiro atoms. The third-order valence-electron chi connectivity index (χ3n) is 2.32. The number of rotatable bonds is 2. The summed E-state index contributed by atoms with van der Waals surface area (Å²) in [6.07, 6.45) is 3.77. The fourth-order valence-electron chi connectivity index (χ4n) is 1.51. The van der Waals surface area contributed by atoms with Crippen LogP contribution in [0.1, 0.15) is 17.2 Å². The Hall–Kier alpha value is -0.880. The first kappa shape index (κ1) is 10.6. The number of benzene rings is 1. The van der Waals surface area contributed by atoms with Crippen LogP contribution in [0.4, 0.5) is 0 Å². The largest absolute Gasteiger partial charge is 0.320 e. The third-order valence-corrected chi connectivity index (χ3v) is 3.31. The van der Waals surface area contributed by atoms with Crippen LogP contribution in [-0.2, 0) is 7.05 Å². The van der Waals surface area contributed by atoms with Crippen LogP contribution in [0, 0.1) is 3.57 Å². The minimum absolute atomic E-state index is 0.0909. The minimum atomic E-state index is -0.0909. The topological polar surface area (TPSA) is 43.8 Å². The highest BCUT2D eigenvalue weighted by atomic mass is 127. The Morgan fingerprint density at radius 2 is 2.13 bits per heavy atom. The van der Waals surface area contributed by atoms with Gasteiger partial charge >= 0.3 is 0 Å². The molecule has 0 aliphatic carbocycles. The summed E-state index contributed by atoms with van der Waals surface area (Å²) >= 11 is 2.30. The molecule has 0 fully saturated rings. The molecule has 4 heteroatoms. The van der Waals surface area contributed by atoms with E-state index in [2.05, 4.69) is 39.8 Å². The number of aryl methyl sites for hydroxylation is 1. The van der Waals surface area contributed by atoms with E-state index in [1.54, 1.807) is 4.68 Å². The van der Waals surface area contributed by atoms with Crippen LogP contribution in [0.25, 0.3) is 0 Å². The Morgan fingerprint density at radius 3 is 2.73 bits per heavy atom. The number of halogens is 1. The van der Waals surface area contributed by atoms with Crippen molar-refractivity contribution in [3.63, 3.8) is 0 Å². The van der Waals surface area contributed by atoms with Gasteiger partial charge in [-0.15, -0.1) is 0 Å². The lowest BCUT2D eigenvalue weighted by Gasteiger charge is -2.11. The van der Waals surface area contributed by atoms with Gasteiger partial charge in [0, 0.05) is 22.4 Å². The highest BCUT2D eigenvalue weighted by Gasteiger charge is 2.12. The zero-order valence-corrected chi connectivity index (χ0v) is 10.5. The van der Waals surface area contributed by atoms with Crippen molar-refractivity contribution in [2.24, 2.45) is 12.8 Å². The van der Waals surface area contributed by atoms with Crippen molar-refractivity contribution < 1.29 is 0 Å². The summed E-state index contributed by atoms with van der Waals surface area (Å²) in [4.78, 5) is 0. The fourth-order valence-corrected chi connectivity index (χ4v) is 2.23. The molecule has 1 aromatic carbocycles. The van der Waals surface area contributed by atoms with Gasteiger partial charge in [0.15, 0.2) is 0 Å². The number of aromatic nitrogens is 2. The maximum Gasteiger partial charge on any atom is 0.0593 e. The summed E-state index contributed by atoms with van der Waals surface area (Å²) in [7, 11) is 1.90. The molecule has 0 radical (unpaired) electrons. The summed E-state index contributed by atoms with van der Waals surface area (Å²) in [5.41, 5.74) is 8.36. The molecule has 2 N–H and O–H groups in total. The maximum absolute atomic E-state index is 6.17. The summed E-state index contributed by atoms with van der Waals surface area (Å²) in [5.74, 6) is 0. The molecule has 2 rings (SSSR count). The van der Waals surface area contributed by atoms with Crippen LogP contribution in [-0.4, -0.2) is 9.78 Å². The van der Waals surface area contributed by atoms with E-state index >= 15 is 0 Å². The monoisotopic (exact) mass is 313 g/mol. The molecule has 0 saturated carbocycles. The van der Waals surface area contributed by atoms with Gasteiger partial charge in [-0.1, -0.05) is 18.2 Å². The highest BCUT2D eigenvalue weighted by Crippen LogP contribution is 2.23. The van der Waals surface area contributed by atoms with E-state index < -0.39 is 0 Å². The van der Waals surface area contributed by atoms with Crippen molar-refractivity contribution in [2.75, 3.05) is 0 Å². The first-order valence-electron chi connectivity index (χ1n) is 4.67. The van der Waals surface area contributed by atoms with Crippen molar-refractivity contribution in [2.45, 2.75) is 6.04 Å². The molecule has 1 heterocycles. The van der Waals surface area contributed by atoms with E-state index in [0.29, 0.717) is 0 Å². The molecule has 1 aromatic heterocycles.